The molecule has 0 saturated heterocycles. The monoisotopic (exact) mass is 540 g/mol. The molecule has 0 saturated carbocycles. The standard InChI is InChI=1S/C25H36N2O11/c1-18(28)25(19(2)29,20(3)30)21(31)7-10-35-12-14-37-16-17-38-15-13-36-11-8-26-22(32)6-9-27-23(33)4-5-24(27)34/h4-5H,6-17H2,1-3H3,(H,26,32). The first-order valence-corrected chi connectivity index (χ1v) is 12.2. The van der Waals surface area contributed by atoms with Crippen LogP contribution >= 0.6 is 0 Å². The summed E-state index contributed by atoms with van der Waals surface area (Å²) in [5.74, 6) is -4.27. The molecule has 1 aliphatic heterocycles. The van der Waals surface area contributed by atoms with Crippen LogP contribution in [-0.4, -0.2) is 112 Å². The number of hydrogen-bond donors (Lipinski definition) is 1. The zero-order valence-electron chi connectivity index (χ0n) is 22.1. The van der Waals surface area contributed by atoms with E-state index in [0.29, 0.717) is 26.4 Å². The molecule has 0 bridgehead atoms. The maximum Gasteiger partial charge on any atom is 0.253 e. The Morgan fingerprint density at radius 2 is 1.11 bits per heavy atom. The molecule has 13 heteroatoms. The van der Waals surface area contributed by atoms with Crippen LogP contribution in [0.4, 0.5) is 0 Å². The predicted octanol–water partition coefficient (Wildman–Crippen LogP) is -0.803. The van der Waals surface area contributed by atoms with Gasteiger partial charge in [-0.05, 0) is 20.8 Å². The van der Waals surface area contributed by atoms with E-state index in [1.54, 1.807) is 0 Å². The highest BCUT2D eigenvalue weighted by atomic mass is 16.6. The van der Waals surface area contributed by atoms with E-state index in [0.717, 1.165) is 25.7 Å². The van der Waals surface area contributed by atoms with Gasteiger partial charge in [0.2, 0.25) is 11.3 Å². The van der Waals surface area contributed by atoms with Crippen molar-refractivity contribution in [2.75, 3.05) is 65.9 Å². The maximum atomic E-state index is 12.4. The summed E-state index contributed by atoms with van der Waals surface area (Å²) >= 11 is 0. The van der Waals surface area contributed by atoms with Crippen molar-refractivity contribution in [3.8, 4) is 0 Å². The first-order chi connectivity index (χ1) is 18.0. The topological polar surface area (TPSA) is 172 Å². The lowest BCUT2D eigenvalue weighted by molar-refractivity contribution is -0.153. The molecular weight excluding hydrogens is 504 g/mol. The summed E-state index contributed by atoms with van der Waals surface area (Å²) in [4.78, 5) is 83.5. The van der Waals surface area contributed by atoms with E-state index < -0.39 is 40.4 Å². The molecule has 0 aromatic heterocycles. The zero-order valence-corrected chi connectivity index (χ0v) is 22.1. The Morgan fingerprint density at radius 3 is 1.55 bits per heavy atom. The van der Waals surface area contributed by atoms with Crippen LogP contribution in [0.3, 0.4) is 0 Å². The highest BCUT2D eigenvalue weighted by Crippen LogP contribution is 2.25. The molecule has 0 atom stereocenters. The van der Waals surface area contributed by atoms with Crippen LogP contribution in [-0.2, 0) is 52.5 Å². The van der Waals surface area contributed by atoms with Gasteiger partial charge in [-0.3, -0.25) is 38.5 Å². The van der Waals surface area contributed by atoms with Crippen molar-refractivity contribution in [1.29, 1.82) is 0 Å². The Hall–Kier alpha value is -3.13. The van der Waals surface area contributed by atoms with Crippen molar-refractivity contribution in [1.82, 2.24) is 10.2 Å². The van der Waals surface area contributed by atoms with E-state index in [2.05, 4.69) is 5.32 Å². The highest BCUT2D eigenvalue weighted by Gasteiger charge is 2.51. The fraction of sp³-hybridized carbons (Fsp3) is 0.640. The van der Waals surface area contributed by atoms with E-state index in [9.17, 15) is 33.6 Å². The summed E-state index contributed by atoms with van der Waals surface area (Å²) in [6, 6.07) is 0. The molecule has 0 aromatic carbocycles. The Labute approximate surface area is 221 Å². The fourth-order valence-corrected chi connectivity index (χ4v) is 3.66. The van der Waals surface area contributed by atoms with Crippen molar-refractivity contribution in [2.24, 2.45) is 5.41 Å². The largest absolute Gasteiger partial charge is 0.379 e. The minimum absolute atomic E-state index is 0.0196. The number of carbonyl (C=O) groups excluding carboxylic acids is 7. The molecule has 0 radical (unpaired) electrons. The molecule has 0 unspecified atom stereocenters. The lowest BCUT2D eigenvalue weighted by atomic mass is 9.72. The molecule has 13 nitrogen and oxygen atoms in total. The average Bonchev–Trinajstić information content (AvgIpc) is 3.16. The number of ether oxygens (including phenoxy) is 4. The third-order valence-electron chi connectivity index (χ3n) is 5.62. The normalized spacial score (nSPS) is 13.2. The SMILES string of the molecule is CC(=O)C(C(C)=O)(C(C)=O)C(=O)CCOCCOCCOCCOCCNC(=O)CCN1C(=O)C=CC1=O. The van der Waals surface area contributed by atoms with Gasteiger partial charge in [0, 0.05) is 38.1 Å². The second kappa shape index (κ2) is 17.4. The Kier molecular flexibility index (Phi) is 15.1. The maximum absolute atomic E-state index is 12.4. The van der Waals surface area contributed by atoms with E-state index in [4.69, 9.17) is 18.9 Å². The van der Waals surface area contributed by atoms with Crippen molar-refractivity contribution in [3.05, 3.63) is 12.2 Å². The Morgan fingerprint density at radius 1 is 0.684 bits per heavy atom. The van der Waals surface area contributed by atoms with Gasteiger partial charge in [-0.1, -0.05) is 0 Å². The van der Waals surface area contributed by atoms with Crippen LogP contribution in [0.5, 0.6) is 0 Å². The first kappa shape index (κ1) is 32.9. The molecule has 38 heavy (non-hydrogen) atoms. The van der Waals surface area contributed by atoms with Gasteiger partial charge in [-0.15, -0.1) is 0 Å². The van der Waals surface area contributed by atoms with Crippen LogP contribution < -0.4 is 5.32 Å². The molecule has 212 valence electrons. The first-order valence-electron chi connectivity index (χ1n) is 12.2. The smallest absolute Gasteiger partial charge is 0.253 e. The molecule has 1 aliphatic rings. The molecular formula is C25H36N2O11. The lowest BCUT2D eigenvalue weighted by Crippen LogP contribution is -2.50. The number of Topliss-reactive ketones (excluding diaryl/α,β-unsaturated/α-hetero) is 4. The van der Waals surface area contributed by atoms with Gasteiger partial charge in [-0.25, -0.2) is 0 Å². The van der Waals surface area contributed by atoms with Gasteiger partial charge in [0.15, 0.2) is 23.1 Å². The van der Waals surface area contributed by atoms with Crippen molar-refractivity contribution in [2.45, 2.75) is 33.6 Å². The molecule has 1 heterocycles. The summed E-state index contributed by atoms with van der Waals surface area (Å²) in [6.45, 7) is 5.38. The van der Waals surface area contributed by atoms with Crippen LogP contribution in [0, 0.1) is 5.41 Å². The molecule has 0 spiro atoms. The quantitative estimate of drug-likeness (QED) is 0.103. The molecule has 0 aromatic rings. The van der Waals surface area contributed by atoms with Crippen LogP contribution in [0.2, 0.25) is 0 Å². The van der Waals surface area contributed by atoms with Crippen LogP contribution in [0.15, 0.2) is 12.2 Å². The predicted molar refractivity (Wildman–Crippen MR) is 131 cm³/mol. The average molecular weight is 541 g/mol. The number of hydrogen-bond acceptors (Lipinski definition) is 11. The lowest BCUT2D eigenvalue weighted by Gasteiger charge is -2.23. The third-order valence-corrected chi connectivity index (χ3v) is 5.62. The van der Waals surface area contributed by atoms with Crippen LogP contribution in [0.25, 0.3) is 0 Å². The minimum Gasteiger partial charge on any atom is -0.379 e. The summed E-state index contributed by atoms with van der Waals surface area (Å²) < 4.78 is 21.3. The molecule has 0 fully saturated rings. The second-order valence-electron chi connectivity index (χ2n) is 8.30. The van der Waals surface area contributed by atoms with Gasteiger partial charge in [0.1, 0.15) is 0 Å². The number of rotatable bonds is 22. The van der Waals surface area contributed by atoms with E-state index in [-0.39, 0.29) is 58.3 Å². The number of ketones is 4. The second-order valence-corrected chi connectivity index (χ2v) is 8.30. The Balaban J connectivity index is 1.96. The number of nitrogens with zero attached hydrogens (tertiary/aromatic N) is 1. The minimum atomic E-state index is -2.24. The zero-order chi connectivity index (χ0) is 28.6. The van der Waals surface area contributed by atoms with Gasteiger partial charge in [0.25, 0.3) is 11.8 Å². The molecule has 3 amide bonds. The van der Waals surface area contributed by atoms with E-state index in [1.807, 2.05) is 0 Å². The van der Waals surface area contributed by atoms with Gasteiger partial charge >= 0.3 is 0 Å². The van der Waals surface area contributed by atoms with E-state index in [1.165, 1.54) is 12.2 Å². The third kappa shape index (κ3) is 10.3. The van der Waals surface area contributed by atoms with Crippen molar-refractivity contribution >= 4 is 40.9 Å². The Bertz CT molecular complexity index is 859. The number of imide groups is 1. The fourth-order valence-electron chi connectivity index (χ4n) is 3.66. The summed E-state index contributed by atoms with van der Waals surface area (Å²) in [5, 5.41) is 2.63. The summed E-state index contributed by atoms with van der Waals surface area (Å²) in [7, 11) is 0. The van der Waals surface area contributed by atoms with Crippen molar-refractivity contribution in [3.63, 3.8) is 0 Å². The molecule has 1 N–H and O–H groups in total. The van der Waals surface area contributed by atoms with Crippen LogP contribution in [0.1, 0.15) is 33.6 Å². The number of carbonyl (C=O) groups is 7. The van der Waals surface area contributed by atoms with Gasteiger partial charge in [0.05, 0.1) is 52.9 Å². The van der Waals surface area contributed by atoms with Gasteiger partial charge in [-0.2, -0.15) is 0 Å². The van der Waals surface area contributed by atoms with Gasteiger partial charge < -0.3 is 24.3 Å². The molecule has 0 aliphatic carbocycles. The highest BCUT2D eigenvalue weighted by molar-refractivity contribution is 6.37. The summed E-state index contributed by atoms with van der Waals surface area (Å²) in [5.41, 5.74) is -2.24. The van der Waals surface area contributed by atoms with Crippen molar-refractivity contribution < 1.29 is 52.5 Å². The van der Waals surface area contributed by atoms with E-state index >= 15 is 0 Å². The number of nitrogens with one attached hydrogen (secondary N) is 1. The molecule has 1 rings (SSSR count). The summed E-state index contributed by atoms with van der Waals surface area (Å²) in [6.07, 6.45) is 2.11. The number of amides is 3.